The van der Waals surface area contributed by atoms with Crippen molar-refractivity contribution in [1.29, 1.82) is 0 Å². The lowest BCUT2D eigenvalue weighted by Gasteiger charge is -2.51. The molecule has 2 saturated heterocycles. The summed E-state index contributed by atoms with van der Waals surface area (Å²) in [5.41, 5.74) is 0.154. The molecule has 0 N–H and O–H groups in total. The number of esters is 1. The maximum Gasteiger partial charge on any atom is 0.323 e. The second kappa shape index (κ2) is 5.41. The zero-order chi connectivity index (χ0) is 13.3. The Hall–Kier alpha value is -0.610. The molecule has 1 saturated carbocycles. The van der Waals surface area contributed by atoms with Crippen LogP contribution in [0, 0.1) is 0 Å². The molecule has 4 nitrogen and oxygen atoms in total. The molecule has 0 aromatic heterocycles. The molecule has 2 heterocycles. The minimum absolute atomic E-state index is 0.0148. The van der Waals surface area contributed by atoms with E-state index in [-0.39, 0.29) is 17.6 Å². The van der Waals surface area contributed by atoms with Crippen LogP contribution in [0.25, 0.3) is 0 Å². The van der Waals surface area contributed by atoms with Crippen molar-refractivity contribution >= 4 is 5.97 Å². The molecular weight excluding hydrogens is 242 g/mol. The van der Waals surface area contributed by atoms with Crippen molar-refractivity contribution in [2.24, 2.45) is 0 Å². The minimum atomic E-state index is -0.0474. The number of ether oxygens (including phenoxy) is 2. The summed E-state index contributed by atoms with van der Waals surface area (Å²) in [6.45, 7) is 1.90. The van der Waals surface area contributed by atoms with E-state index in [1.54, 1.807) is 0 Å². The van der Waals surface area contributed by atoms with E-state index in [4.69, 9.17) is 9.47 Å². The van der Waals surface area contributed by atoms with Crippen LogP contribution in [-0.4, -0.2) is 48.8 Å². The van der Waals surface area contributed by atoms with Gasteiger partial charge < -0.3 is 9.47 Å². The predicted molar refractivity (Wildman–Crippen MR) is 71.9 cm³/mol. The Bertz CT molecular complexity index is 340. The van der Waals surface area contributed by atoms with Crippen LogP contribution in [0.3, 0.4) is 0 Å². The van der Waals surface area contributed by atoms with Gasteiger partial charge in [-0.25, -0.2) is 0 Å². The van der Waals surface area contributed by atoms with Gasteiger partial charge in [0.05, 0.1) is 12.7 Å². The summed E-state index contributed by atoms with van der Waals surface area (Å²) in [6.07, 6.45) is 9.20. The van der Waals surface area contributed by atoms with Crippen molar-refractivity contribution in [1.82, 2.24) is 4.90 Å². The van der Waals surface area contributed by atoms with Crippen molar-refractivity contribution in [3.8, 4) is 0 Å². The highest BCUT2D eigenvalue weighted by molar-refractivity contribution is 5.75. The van der Waals surface area contributed by atoms with Crippen LogP contribution in [0.1, 0.15) is 51.4 Å². The van der Waals surface area contributed by atoms with Crippen LogP contribution < -0.4 is 0 Å². The number of nitrogens with zero attached hydrogens (tertiary/aromatic N) is 1. The van der Waals surface area contributed by atoms with Gasteiger partial charge in [-0.3, -0.25) is 9.69 Å². The number of rotatable bonds is 2. The molecule has 2 unspecified atom stereocenters. The van der Waals surface area contributed by atoms with Crippen LogP contribution >= 0.6 is 0 Å². The average molecular weight is 267 g/mol. The fourth-order valence-corrected chi connectivity index (χ4v) is 3.98. The first kappa shape index (κ1) is 13.4. The van der Waals surface area contributed by atoms with Gasteiger partial charge in [-0.15, -0.1) is 0 Å². The lowest BCUT2D eigenvalue weighted by Crippen LogP contribution is -2.57. The van der Waals surface area contributed by atoms with E-state index in [1.807, 2.05) is 0 Å². The van der Waals surface area contributed by atoms with Crippen molar-refractivity contribution in [2.45, 2.75) is 69.1 Å². The van der Waals surface area contributed by atoms with Crippen LogP contribution in [0.5, 0.6) is 0 Å². The monoisotopic (exact) mass is 267 g/mol. The summed E-state index contributed by atoms with van der Waals surface area (Å²) in [5.74, 6) is -0.0474. The quantitative estimate of drug-likeness (QED) is 0.718. The van der Waals surface area contributed by atoms with Crippen molar-refractivity contribution < 1.29 is 14.3 Å². The molecule has 3 rings (SSSR count). The molecule has 2 atom stereocenters. The number of methoxy groups -OCH3 is 1. The van der Waals surface area contributed by atoms with Gasteiger partial charge >= 0.3 is 5.97 Å². The third-order valence-electron chi connectivity index (χ3n) is 5.22. The first-order valence-corrected chi connectivity index (χ1v) is 7.72. The number of hydrogen-bond donors (Lipinski definition) is 0. The Morgan fingerprint density at radius 3 is 2.79 bits per heavy atom. The van der Waals surface area contributed by atoms with Gasteiger partial charge in [0.25, 0.3) is 0 Å². The Kier molecular flexibility index (Phi) is 3.81. The van der Waals surface area contributed by atoms with Crippen molar-refractivity contribution in [3.63, 3.8) is 0 Å². The smallest absolute Gasteiger partial charge is 0.323 e. The molecule has 4 heteroatoms. The maximum absolute atomic E-state index is 12.0. The summed E-state index contributed by atoms with van der Waals surface area (Å²) in [4.78, 5) is 14.4. The first-order chi connectivity index (χ1) is 9.24. The normalized spacial score (nSPS) is 34.8. The molecule has 0 bridgehead atoms. The molecule has 1 aliphatic carbocycles. The molecule has 0 aromatic carbocycles. The minimum Gasteiger partial charge on any atom is -0.468 e. The Morgan fingerprint density at radius 2 is 2.11 bits per heavy atom. The van der Waals surface area contributed by atoms with Gasteiger partial charge in [0.15, 0.2) is 0 Å². The summed E-state index contributed by atoms with van der Waals surface area (Å²) in [6, 6.07) is 0.498. The zero-order valence-corrected chi connectivity index (χ0v) is 11.9. The standard InChI is InChI=1S/C15H25NO3/c1-18-14(17)13-5-2-3-9-16(13)12-6-10-19-15(11-12)7-4-8-15/h12-13H,2-11H2,1H3. The molecule has 0 amide bonds. The highest BCUT2D eigenvalue weighted by Crippen LogP contribution is 2.44. The molecule has 1 spiro atoms. The average Bonchev–Trinajstić information content (AvgIpc) is 2.45. The molecule has 3 fully saturated rings. The Morgan fingerprint density at radius 1 is 1.26 bits per heavy atom. The first-order valence-electron chi connectivity index (χ1n) is 7.72. The van der Waals surface area contributed by atoms with Gasteiger partial charge in [0.2, 0.25) is 0 Å². The summed E-state index contributed by atoms with van der Waals surface area (Å²) >= 11 is 0. The van der Waals surface area contributed by atoms with Crippen molar-refractivity contribution in [3.05, 3.63) is 0 Å². The van der Waals surface area contributed by atoms with E-state index >= 15 is 0 Å². The van der Waals surface area contributed by atoms with Crippen LogP contribution in [0.15, 0.2) is 0 Å². The number of likely N-dealkylation sites (tertiary alicyclic amines) is 1. The maximum atomic E-state index is 12.0. The topological polar surface area (TPSA) is 38.8 Å². The van der Waals surface area contributed by atoms with Gasteiger partial charge in [-0.05, 0) is 51.5 Å². The molecule has 0 radical (unpaired) electrons. The third kappa shape index (κ3) is 2.52. The van der Waals surface area contributed by atoms with E-state index in [2.05, 4.69) is 4.90 Å². The van der Waals surface area contributed by atoms with E-state index in [0.717, 1.165) is 38.8 Å². The zero-order valence-electron chi connectivity index (χ0n) is 11.9. The Balaban J connectivity index is 1.69. The van der Waals surface area contributed by atoms with Crippen LogP contribution in [0.4, 0.5) is 0 Å². The van der Waals surface area contributed by atoms with Crippen molar-refractivity contribution in [2.75, 3.05) is 20.3 Å². The lowest BCUT2D eigenvalue weighted by molar-refractivity contribution is -0.165. The molecule has 2 aliphatic heterocycles. The lowest BCUT2D eigenvalue weighted by atomic mass is 9.73. The van der Waals surface area contributed by atoms with Gasteiger partial charge in [-0.1, -0.05) is 6.42 Å². The SMILES string of the molecule is COC(=O)C1CCCCN1C1CCOC2(CCC2)C1. The molecular formula is C15H25NO3. The second-order valence-electron chi connectivity index (χ2n) is 6.30. The molecule has 108 valence electrons. The molecule has 0 aromatic rings. The largest absolute Gasteiger partial charge is 0.468 e. The summed E-state index contributed by atoms with van der Waals surface area (Å²) in [5, 5.41) is 0. The van der Waals surface area contributed by atoms with Crippen LogP contribution in [-0.2, 0) is 14.3 Å². The third-order valence-corrected chi connectivity index (χ3v) is 5.22. The fraction of sp³-hybridized carbons (Fsp3) is 0.933. The number of hydrogen-bond acceptors (Lipinski definition) is 4. The highest BCUT2D eigenvalue weighted by atomic mass is 16.5. The summed E-state index contributed by atoms with van der Waals surface area (Å²) in [7, 11) is 1.51. The highest BCUT2D eigenvalue weighted by Gasteiger charge is 2.46. The van der Waals surface area contributed by atoms with E-state index in [1.165, 1.54) is 32.8 Å². The fourth-order valence-electron chi connectivity index (χ4n) is 3.98. The predicted octanol–water partition coefficient (Wildman–Crippen LogP) is 2.12. The number of carbonyl (C=O) groups is 1. The second-order valence-corrected chi connectivity index (χ2v) is 6.30. The molecule has 3 aliphatic rings. The molecule has 19 heavy (non-hydrogen) atoms. The van der Waals surface area contributed by atoms with E-state index < -0.39 is 0 Å². The van der Waals surface area contributed by atoms with Gasteiger partial charge in [-0.2, -0.15) is 0 Å². The van der Waals surface area contributed by atoms with E-state index in [0.29, 0.717) is 6.04 Å². The summed E-state index contributed by atoms with van der Waals surface area (Å²) < 4.78 is 11.0. The van der Waals surface area contributed by atoms with E-state index in [9.17, 15) is 4.79 Å². The van der Waals surface area contributed by atoms with Gasteiger partial charge in [0, 0.05) is 12.6 Å². The van der Waals surface area contributed by atoms with Gasteiger partial charge in [0.1, 0.15) is 6.04 Å². The number of piperidine rings is 1. The van der Waals surface area contributed by atoms with Crippen LogP contribution in [0.2, 0.25) is 0 Å². The number of carbonyl (C=O) groups excluding carboxylic acids is 1. The Labute approximate surface area is 115 Å².